The summed E-state index contributed by atoms with van der Waals surface area (Å²) in [7, 11) is 1.63. The van der Waals surface area contributed by atoms with Crippen molar-refractivity contribution in [2.24, 2.45) is 5.90 Å². The van der Waals surface area contributed by atoms with Gasteiger partial charge in [0, 0.05) is 0 Å². The summed E-state index contributed by atoms with van der Waals surface area (Å²) < 4.78 is 5.05. The van der Waals surface area contributed by atoms with Gasteiger partial charge in [-0.05, 0) is 24.6 Å². The average Bonchev–Trinajstić information content (AvgIpc) is 2.17. The first-order chi connectivity index (χ1) is 5.77. The third kappa shape index (κ3) is 1.96. The first-order valence-electron chi connectivity index (χ1n) is 3.77. The van der Waals surface area contributed by atoms with Gasteiger partial charge < -0.3 is 4.74 Å². The van der Waals surface area contributed by atoms with Crippen molar-refractivity contribution in [1.82, 2.24) is 0 Å². The minimum absolute atomic E-state index is 0.0971. The quantitative estimate of drug-likeness (QED) is 0.696. The Morgan fingerprint density at radius 1 is 1.42 bits per heavy atom. The summed E-state index contributed by atoms with van der Waals surface area (Å²) in [5, 5.41) is 0. The Kier molecular flexibility index (Phi) is 3.08. The molecule has 2 N–H and O–H groups in total. The summed E-state index contributed by atoms with van der Waals surface area (Å²) >= 11 is 0. The maximum absolute atomic E-state index is 5.05. The van der Waals surface area contributed by atoms with Gasteiger partial charge >= 0.3 is 0 Å². The van der Waals surface area contributed by atoms with Crippen molar-refractivity contribution >= 4 is 0 Å². The van der Waals surface area contributed by atoms with E-state index in [1.54, 1.807) is 7.11 Å². The maximum atomic E-state index is 5.05. The van der Waals surface area contributed by atoms with Gasteiger partial charge in [0.2, 0.25) is 0 Å². The molecule has 0 aliphatic heterocycles. The first-order valence-corrected chi connectivity index (χ1v) is 3.77. The zero-order chi connectivity index (χ0) is 8.97. The van der Waals surface area contributed by atoms with Crippen LogP contribution >= 0.6 is 0 Å². The summed E-state index contributed by atoms with van der Waals surface area (Å²) in [4.78, 5) is 4.68. The summed E-state index contributed by atoms with van der Waals surface area (Å²) in [6.45, 7) is 1.88. The van der Waals surface area contributed by atoms with E-state index in [9.17, 15) is 0 Å². The van der Waals surface area contributed by atoms with Gasteiger partial charge in [0.1, 0.15) is 11.9 Å². The van der Waals surface area contributed by atoms with Crippen molar-refractivity contribution in [2.45, 2.75) is 13.0 Å². The Morgan fingerprint density at radius 3 is 2.75 bits per heavy atom. The van der Waals surface area contributed by atoms with E-state index in [-0.39, 0.29) is 6.10 Å². The van der Waals surface area contributed by atoms with Crippen LogP contribution in [0, 0.1) is 0 Å². The van der Waals surface area contributed by atoms with Crippen LogP contribution in [0.25, 0.3) is 0 Å². The van der Waals surface area contributed by atoms with Crippen LogP contribution in [0.15, 0.2) is 24.3 Å². The summed E-state index contributed by atoms with van der Waals surface area (Å²) in [6.07, 6.45) is -0.0971. The van der Waals surface area contributed by atoms with Crippen LogP contribution in [0.3, 0.4) is 0 Å². The SMILES string of the molecule is COc1cccc(C(C)ON)c1. The van der Waals surface area contributed by atoms with Crippen LogP contribution in [0.4, 0.5) is 0 Å². The van der Waals surface area contributed by atoms with E-state index in [0.29, 0.717) is 0 Å². The molecule has 0 aliphatic carbocycles. The monoisotopic (exact) mass is 167 g/mol. The molecule has 0 saturated heterocycles. The third-order valence-electron chi connectivity index (χ3n) is 1.77. The minimum Gasteiger partial charge on any atom is -0.497 e. The van der Waals surface area contributed by atoms with E-state index in [0.717, 1.165) is 11.3 Å². The number of rotatable bonds is 3. The fourth-order valence-corrected chi connectivity index (χ4v) is 0.973. The lowest BCUT2D eigenvalue weighted by Crippen LogP contribution is -2.05. The molecule has 1 atom stereocenters. The highest BCUT2D eigenvalue weighted by Gasteiger charge is 2.04. The number of benzene rings is 1. The standard InChI is InChI=1S/C9H13NO2/c1-7(12-10)8-4-3-5-9(6-8)11-2/h3-7H,10H2,1-2H3. The molecular weight excluding hydrogens is 154 g/mol. The smallest absolute Gasteiger partial charge is 0.119 e. The van der Waals surface area contributed by atoms with Crippen LogP contribution in [0.2, 0.25) is 0 Å². The number of nitrogens with two attached hydrogens (primary N) is 1. The first kappa shape index (κ1) is 9.03. The Balaban J connectivity index is 2.86. The zero-order valence-electron chi connectivity index (χ0n) is 7.28. The van der Waals surface area contributed by atoms with Crippen molar-refractivity contribution in [1.29, 1.82) is 0 Å². The van der Waals surface area contributed by atoms with Crippen molar-refractivity contribution in [3.63, 3.8) is 0 Å². The molecule has 0 aliphatic rings. The Bertz CT molecular complexity index is 250. The van der Waals surface area contributed by atoms with E-state index in [4.69, 9.17) is 10.6 Å². The molecule has 3 heteroatoms. The predicted octanol–water partition coefficient (Wildman–Crippen LogP) is 1.65. The van der Waals surface area contributed by atoms with Gasteiger partial charge in [0.25, 0.3) is 0 Å². The molecule has 12 heavy (non-hydrogen) atoms. The van der Waals surface area contributed by atoms with E-state index in [1.807, 2.05) is 31.2 Å². The molecular formula is C9H13NO2. The van der Waals surface area contributed by atoms with Gasteiger partial charge in [-0.1, -0.05) is 12.1 Å². The maximum Gasteiger partial charge on any atom is 0.119 e. The Hall–Kier alpha value is -1.06. The number of hydrogen-bond donors (Lipinski definition) is 1. The lowest BCUT2D eigenvalue weighted by Gasteiger charge is -2.09. The van der Waals surface area contributed by atoms with Gasteiger partial charge in [-0.15, -0.1) is 0 Å². The normalized spacial score (nSPS) is 12.6. The lowest BCUT2D eigenvalue weighted by atomic mass is 10.1. The molecule has 1 aromatic carbocycles. The Morgan fingerprint density at radius 2 is 2.17 bits per heavy atom. The zero-order valence-corrected chi connectivity index (χ0v) is 7.28. The van der Waals surface area contributed by atoms with Gasteiger partial charge in [0.05, 0.1) is 7.11 Å². The van der Waals surface area contributed by atoms with Crippen LogP contribution in [0.1, 0.15) is 18.6 Å². The van der Waals surface area contributed by atoms with Gasteiger partial charge in [-0.2, -0.15) is 0 Å². The number of ether oxygens (including phenoxy) is 1. The largest absolute Gasteiger partial charge is 0.497 e. The van der Waals surface area contributed by atoms with Crippen molar-refractivity contribution < 1.29 is 9.57 Å². The summed E-state index contributed by atoms with van der Waals surface area (Å²) in [5.74, 6) is 5.87. The second-order valence-corrected chi connectivity index (χ2v) is 2.55. The molecule has 0 spiro atoms. The molecule has 0 heterocycles. The molecule has 66 valence electrons. The van der Waals surface area contributed by atoms with Crippen LogP contribution in [0.5, 0.6) is 5.75 Å². The number of methoxy groups -OCH3 is 1. The average molecular weight is 167 g/mol. The molecule has 1 aromatic rings. The fourth-order valence-electron chi connectivity index (χ4n) is 0.973. The van der Waals surface area contributed by atoms with Gasteiger partial charge in [-0.3, -0.25) is 4.84 Å². The van der Waals surface area contributed by atoms with Crippen LogP contribution < -0.4 is 10.6 Å². The Labute approximate surface area is 72.0 Å². The lowest BCUT2D eigenvalue weighted by molar-refractivity contribution is 0.0662. The molecule has 0 amide bonds. The fraction of sp³-hybridized carbons (Fsp3) is 0.333. The molecule has 1 rings (SSSR count). The predicted molar refractivity (Wildman–Crippen MR) is 46.7 cm³/mol. The van der Waals surface area contributed by atoms with E-state index >= 15 is 0 Å². The van der Waals surface area contributed by atoms with E-state index < -0.39 is 0 Å². The molecule has 0 aromatic heterocycles. The van der Waals surface area contributed by atoms with Gasteiger partial charge in [-0.25, -0.2) is 5.90 Å². The highest BCUT2D eigenvalue weighted by atomic mass is 16.6. The number of hydrogen-bond acceptors (Lipinski definition) is 3. The molecule has 3 nitrogen and oxygen atoms in total. The molecule has 0 saturated carbocycles. The van der Waals surface area contributed by atoms with Crippen molar-refractivity contribution in [3.05, 3.63) is 29.8 Å². The minimum atomic E-state index is -0.0971. The van der Waals surface area contributed by atoms with Crippen molar-refractivity contribution in [2.75, 3.05) is 7.11 Å². The van der Waals surface area contributed by atoms with Crippen LogP contribution in [-0.2, 0) is 4.84 Å². The highest BCUT2D eigenvalue weighted by Crippen LogP contribution is 2.19. The van der Waals surface area contributed by atoms with Crippen molar-refractivity contribution in [3.8, 4) is 5.75 Å². The molecule has 0 fully saturated rings. The molecule has 0 bridgehead atoms. The van der Waals surface area contributed by atoms with E-state index in [1.165, 1.54) is 0 Å². The molecule has 0 radical (unpaired) electrons. The second-order valence-electron chi connectivity index (χ2n) is 2.55. The van der Waals surface area contributed by atoms with Crippen LogP contribution in [-0.4, -0.2) is 7.11 Å². The van der Waals surface area contributed by atoms with Gasteiger partial charge in [0.15, 0.2) is 0 Å². The summed E-state index contributed by atoms with van der Waals surface area (Å²) in [6, 6.07) is 7.63. The third-order valence-corrected chi connectivity index (χ3v) is 1.77. The summed E-state index contributed by atoms with van der Waals surface area (Å²) in [5.41, 5.74) is 1.01. The van der Waals surface area contributed by atoms with E-state index in [2.05, 4.69) is 4.84 Å². The topological polar surface area (TPSA) is 44.5 Å². The highest BCUT2D eigenvalue weighted by molar-refractivity contribution is 5.29. The molecule has 1 unspecified atom stereocenters. The second kappa shape index (κ2) is 4.09.